The minimum Gasteiger partial charge on any atom is -0.292 e. The first-order chi connectivity index (χ1) is 19.4. The summed E-state index contributed by atoms with van der Waals surface area (Å²) in [5.41, 5.74) is 7.97. The minimum absolute atomic E-state index is 0.691. The lowest BCUT2D eigenvalue weighted by Gasteiger charge is -2.12. The number of pyridine rings is 2. The third kappa shape index (κ3) is 3.35. The fourth-order valence-corrected chi connectivity index (χ4v) is 5.73. The summed E-state index contributed by atoms with van der Waals surface area (Å²) >= 11 is 0. The van der Waals surface area contributed by atoms with Gasteiger partial charge in [-0.05, 0) is 29.7 Å². The topological polar surface area (TPSA) is 43.1 Å². The van der Waals surface area contributed by atoms with Crippen molar-refractivity contribution in [3.05, 3.63) is 134 Å². The van der Waals surface area contributed by atoms with Gasteiger partial charge in [0.2, 0.25) is 0 Å². The molecular weight excluding hydrogens is 476 g/mol. The summed E-state index contributed by atoms with van der Waals surface area (Å²) in [5.74, 6) is 0.691. The van der Waals surface area contributed by atoms with E-state index >= 15 is 0 Å². The van der Waals surface area contributed by atoms with Gasteiger partial charge in [0.15, 0.2) is 5.82 Å². The molecule has 0 atom stereocenters. The number of benzene rings is 4. The third-order valence-electron chi connectivity index (χ3n) is 7.43. The summed E-state index contributed by atoms with van der Waals surface area (Å²) in [7, 11) is 0. The molecule has 0 saturated carbocycles. The molecule has 0 amide bonds. The van der Waals surface area contributed by atoms with Crippen LogP contribution in [0.1, 0.15) is 0 Å². The van der Waals surface area contributed by atoms with E-state index in [9.17, 15) is 0 Å². The van der Waals surface area contributed by atoms with Crippen molar-refractivity contribution in [2.45, 2.75) is 0 Å². The summed E-state index contributed by atoms with van der Waals surface area (Å²) in [6, 6.07) is 44.0. The van der Waals surface area contributed by atoms with Crippen molar-refractivity contribution in [2.24, 2.45) is 0 Å². The van der Waals surface area contributed by atoms with E-state index in [0.717, 1.165) is 55.5 Å². The lowest BCUT2D eigenvalue weighted by atomic mass is 10.0. The van der Waals surface area contributed by atoms with Crippen LogP contribution in [0, 0.1) is 0 Å². The average molecular weight is 499 g/mol. The molecule has 0 fully saturated rings. The predicted octanol–water partition coefficient (Wildman–Crippen LogP) is 8.58. The van der Waals surface area contributed by atoms with Crippen molar-refractivity contribution in [1.29, 1.82) is 0 Å². The van der Waals surface area contributed by atoms with Crippen molar-refractivity contribution < 1.29 is 0 Å². The number of fused-ring (bicyclic) bond motifs is 8. The molecule has 0 spiro atoms. The molecule has 0 aliphatic carbocycles. The van der Waals surface area contributed by atoms with Crippen LogP contribution in [-0.4, -0.2) is 19.4 Å². The average Bonchev–Trinajstić information content (AvgIpc) is 3.38. The first kappa shape index (κ1) is 21.7. The Morgan fingerprint density at radius 3 is 1.74 bits per heavy atom. The van der Waals surface area contributed by atoms with Crippen LogP contribution in [0.4, 0.5) is 0 Å². The summed E-state index contributed by atoms with van der Waals surface area (Å²) in [5, 5.41) is 4.58. The monoisotopic (exact) mass is 498 g/mol. The second-order valence-electron chi connectivity index (χ2n) is 9.69. The highest BCUT2D eigenvalue weighted by Gasteiger charge is 2.22. The molecule has 8 rings (SSSR count). The molecule has 0 N–H and O–H groups in total. The molecule has 0 radical (unpaired) electrons. The van der Waals surface area contributed by atoms with Crippen molar-refractivity contribution in [2.75, 3.05) is 0 Å². The second-order valence-corrected chi connectivity index (χ2v) is 9.69. The summed E-state index contributed by atoms with van der Waals surface area (Å²) in [6.45, 7) is 0. The standard InChI is InChI=1S/C35H22N4/c1-3-12-23(13-4-1)29-22-30(24-14-5-2-6-15-24)38-34(37-29)32-28-19-11-21-36-35(28)39-31-20-10-9-17-26(31)25-16-7-8-18-27(25)33(32)39/h1-22H. The lowest BCUT2D eigenvalue weighted by Crippen LogP contribution is -1.97. The molecule has 0 bridgehead atoms. The fourth-order valence-electron chi connectivity index (χ4n) is 5.73. The number of aromatic nitrogens is 4. The van der Waals surface area contributed by atoms with E-state index in [-0.39, 0.29) is 0 Å². The fraction of sp³-hybridized carbons (Fsp3) is 0. The van der Waals surface area contributed by atoms with Crippen LogP contribution in [0.5, 0.6) is 0 Å². The van der Waals surface area contributed by atoms with Gasteiger partial charge in [-0.2, -0.15) is 0 Å². The van der Waals surface area contributed by atoms with Gasteiger partial charge in [0, 0.05) is 33.5 Å². The Morgan fingerprint density at radius 1 is 0.487 bits per heavy atom. The first-order valence-electron chi connectivity index (χ1n) is 13.1. The Labute approximate surface area is 224 Å². The molecular formula is C35H22N4. The van der Waals surface area contributed by atoms with Crippen molar-refractivity contribution in [1.82, 2.24) is 19.4 Å². The second kappa shape index (κ2) is 8.61. The number of hydrogen-bond donors (Lipinski definition) is 0. The van der Waals surface area contributed by atoms with Gasteiger partial charge in [0.25, 0.3) is 0 Å². The molecule has 4 aromatic carbocycles. The highest BCUT2D eigenvalue weighted by atomic mass is 15.0. The quantitative estimate of drug-likeness (QED) is 0.229. The molecule has 4 heterocycles. The zero-order chi connectivity index (χ0) is 25.8. The Bertz CT molecular complexity index is 2110. The Kier molecular flexibility index (Phi) is 4.79. The van der Waals surface area contributed by atoms with Gasteiger partial charge in [-0.15, -0.1) is 0 Å². The smallest absolute Gasteiger partial charge is 0.163 e. The van der Waals surface area contributed by atoms with Crippen LogP contribution < -0.4 is 0 Å². The van der Waals surface area contributed by atoms with E-state index in [1.165, 1.54) is 10.8 Å². The van der Waals surface area contributed by atoms with Crippen molar-refractivity contribution in [3.8, 4) is 33.9 Å². The Morgan fingerprint density at radius 2 is 1.05 bits per heavy atom. The third-order valence-corrected chi connectivity index (χ3v) is 7.43. The van der Waals surface area contributed by atoms with Gasteiger partial charge >= 0.3 is 0 Å². The van der Waals surface area contributed by atoms with E-state index in [2.05, 4.69) is 89.3 Å². The van der Waals surface area contributed by atoms with E-state index < -0.39 is 0 Å². The summed E-state index contributed by atoms with van der Waals surface area (Å²) in [4.78, 5) is 15.3. The maximum Gasteiger partial charge on any atom is 0.163 e. The molecule has 8 aromatic rings. The SMILES string of the molecule is c1ccc(-c2cc(-c3ccccc3)nc(-c3c4cccnc4n4c5ccccc5c5ccccc5c34)n2)cc1. The van der Waals surface area contributed by atoms with Crippen LogP contribution in [0.25, 0.3) is 72.1 Å². The largest absolute Gasteiger partial charge is 0.292 e. The highest BCUT2D eigenvalue weighted by molar-refractivity contribution is 6.20. The summed E-state index contributed by atoms with van der Waals surface area (Å²) in [6.07, 6.45) is 1.86. The van der Waals surface area contributed by atoms with Crippen molar-refractivity contribution in [3.63, 3.8) is 0 Å². The van der Waals surface area contributed by atoms with E-state index in [0.29, 0.717) is 5.82 Å². The molecule has 39 heavy (non-hydrogen) atoms. The molecule has 4 aromatic heterocycles. The number of nitrogens with zero attached hydrogens (tertiary/aromatic N) is 4. The molecule has 0 saturated heterocycles. The van der Waals surface area contributed by atoms with E-state index in [1.807, 2.05) is 48.7 Å². The minimum atomic E-state index is 0.691. The number of hydrogen-bond acceptors (Lipinski definition) is 3. The zero-order valence-electron chi connectivity index (χ0n) is 21.0. The zero-order valence-corrected chi connectivity index (χ0v) is 21.0. The van der Waals surface area contributed by atoms with E-state index in [1.54, 1.807) is 0 Å². The normalized spacial score (nSPS) is 11.6. The molecule has 4 heteroatoms. The van der Waals surface area contributed by atoms with Crippen LogP contribution >= 0.6 is 0 Å². The van der Waals surface area contributed by atoms with Crippen LogP contribution in [-0.2, 0) is 0 Å². The predicted molar refractivity (Wildman–Crippen MR) is 160 cm³/mol. The van der Waals surface area contributed by atoms with Crippen LogP contribution in [0.3, 0.4) is 0 Å². The Balaban J connectivity index is 1.57. The first-order valence-corrected chi connectivity index (χ1v) is 13.1. The van der Waals surface area contributed by atoms with Gasteiger partial charge in [-0.3, -0.25) is 4.40 Å². The van der Waals surface area contributed by atoms with Crippen LogP contribution in [0.2, 0.25) is 0 Å². The van der Waals surface area contributed by atoms with Crippen LogP contribution in [0.15, 0.2) is 134 Å². The number of para-hydroxylation sites is 1. The maximum atomic E-state index is 5.21. The highest BCUT2D eigenvalue weighted by Crippen LogP contribution is 2.41. The molecule has 182 valence electrons. The van der Waals surface area contributed by atoms with E-state index in [4.69, 9.17) is 15.0 Å². The molecule has 0 unspecified atom stereocenters. The molecule has 0 aliphatic heterocycles. The maximum absolute atomic E-state index is 5.21. The lowest BCUT2D eigenvalue weighted by molar-refractivity contribution is 1.19. The summed E-state index contributed by atoms with van der Waals surface area (Å²) < 4.78 is 2.28. The van der Waals surface area contributed by atoms with Gasteiger partial charge in [-0.1, -0.05) is 103 Å². The number of rotatable bonds is 3. The van der Waals surface area contributed by atoms with Gasteiger partial charge < -0.3 is 0 Å². The van der Waals surface area contributed by atoms with Gasteiger partial charge in [-0.25, -0.2) is 15.0 Å². The van der Waals surface area contributed by atoms with Crippen molar-refractivity contribution >= 4 is 38.2 Å². The van der Waals surface area contributed by atoms with Gasteiger partial charge in [0.05, 0.1) is 28.0 Å². The molecule has 4 nitrogen and oxygen atoms in total. The Hall–Kier alpha value is -5.35. The van der Waals surface area contributed by atoms with Gasteiger partial charge in [0.1, 0.15) is 5.65 Å². The molecule has 0 aliphatic rings.